The van der Waals surface area contributed by atoms with Crippen molar-refractivity contribution in [1.82, 2.24) is 25.5 Å². The number of alkyl halides is 3. The minimum Gasteiger partial charge on any atom is -0.315 e. The van der Waals surface area contributed by atoms with Crippen molar-refractivity contribution in [2.24, 2.45) is 5.92 Å². The second-order valence-electron chi connectivity index (χ2n) is 4.43. The molecule has 10 heteroatoms. The Morgan fingerprint density at radius 3 is 2.80 bits per heavy atom. The van der Waals surface area contributed by atoms with E-state index >= 15 is 0 Å². The van der Waals surface area contributed by atoms with Crippen molar-refractivity contribution in [2.75, 3.05) is 25.4 Å². The van der Waals surface area contributed by atoms with Crippen LogP contribution in [0.4, 0.5) is 13.2 Å². The first-order chi connectivity index (χ1) is 9.38. The Kier molecular flexibility index (Phi) is 7.24. The van der Waals surface area contributed by atoms with Crippen LogP contribution in [0, 0.1) is 5.92 Å². The number of nitrogens with zero attached hydrogens (tertiary/aromatic N) is 4. The summed E-state index contributed by atoms with van der Waals surface area (Å²) in [5.41, 5.74) is 0. The molecule has 1 rings (SSSR count). The van der Waals surface area contributed by atoms with E-state index in [-0.39, 0.29) is 5.75 Å². The fourth-order valence-corrected chi connectivity index (χ4v) is 2.03. The van der Waals surface area contributed by atoms with E-state index < -0.39 is 13.0 Å². The molecule has 116 valence electrons. The zero-order chi connectivity index (χ0) is 15.0. The second kappa shape index (κ2) is 8.42. The number of nitrogens with one attached hydrogen (secondary N) is 1. The monoisotopic (exact) mass is 313 g/mol. The lowest BCUT2D eigenvalue weighted by Gasteiger charge is -2.08. The Morgan fingerprint density at radius 1 is 1.40 bits per heavy atom. The van der Waals surface area contributed by atoms with E-state index in [1.807, 2.05) is 0 Å². The van der Waals surface area contributed by atoms with Crippen LogP contribution in [0.15, 0.2) is 5.16 Å². The van der Waals surface area contributed by atoms with E-state index in [1.165, 1.54) is 0 Å². The summed E-state index contributed by atoms with van der Waals surface area (Å²) in [5, 5.41) is 14.8. The second-order valence-corrected chi connectivity index (χ2v) is 5.49. The van der Waals surface area contributed by atoms with Crippen LogP contribution in [0.2, 0.25) is 0 Å². The Balaban J connectivity index is 2.24. The molecular formula is C10H18F3N5OS. The molecule has 0 fully saturated rings. The van der Waals surface area contributed by atoms with Gasteiger partial charge in [0, 0.05) is 12.3 Å². The van der Waals surface area contributed by atoms with Crippen molar-refractivity contribution >= 4 is 11.8 Å². The minimum atomic E-state index is -4.59. The van der Waals surface area contributed by atoms with Gasteiger partial charge in [0.15, 0.2) is 0 Å². The Morgan fingerprint density at radius 2 is 2.15 bits per heavy atom. The summed E-state index contributed by atoms with van der Waals surface area (Å²) in [5.74, 6) is 0.691. The molecule has 6 nitrogen and oxygen atoms in total. The third-order valence-electron chi connectivity index (χ3n) is 2.13. The van der Waals surface area contributed by atoms with Gasteiger partial charge in [-0.25, -0.2) is 4.68 Å². The van der Waals surface area contributed by atoms with Crippen molar-refractivity contribution in [2.45, 2.75) is 31.9 Å². The smallest absolute Gasteiger partial charge is 0.315 e. The van der Waals surface area contributed by atoms with Crippen LogP contribution in [0.1, 0.15) is 13.8 Å². The van der Waals surface area contributed by atoms with E-state index in [9.17, 15) is 13.2 Å². The number of halogens is 3. The standard InChI is InChI=1S/C10H18F3N5OS/c1-8(2)7-14-3-4-18-9(15-16-17-18)20-6-5-19-10(11,12)13/h8,14H,3-7H2,1-2H3. The van der Waals surface area contributed by atoms with Crippen LogP contribution >= 0.6 is 11.8 Å². The number of tetrazole rings is 1. The predicted octanol–water partition coefficient (Wildman–Crippen LogP) is 1.55. The van der Waals surface area contributed by atoms with Gasteiger partial charge in [-0.1, -0.05) is 25.6 Å². The Bertz CT molecular complexity index is 385. The molecule has 20 heavy (non-hydrogen) atoms. The third kappa shape index (κ3) is 7.65. The maximum atomic E-state index is 11.8. The summed E-state index contributed by atoms with van der Waals surface area (Å²) in [6.45, 7) is 5.95. The molecule has 0 saturated heterocycles. The maximum Gasteiger partial charge on any atom is 0.522 e. The first kappa shape index (κ1) is 17.2. The Hall–Kier alpha value is -0.870. The molecule has 0 aromatic carbocycles. The quantitative estimate of drug-likeness (QED) is 0.551. The van der Waals surface area contributed by atoms with Gasteiger partial charge in [0.25, 0.3) is 0 Å². The third-order valence-corrected chi connectivity index (χ3v) is 3.05. The molecular weight excluding hydrogens is 295 g/mol. The van der Waals surface area contributed by atoms with Gasteiger partial charge < -0.3 is 5.32 Å². The zero-order valence-corrected chi connectivity index (χ0v) is 12.2. The fourth-order valence-electron chi connectivity index (χ4n) is 1.31. The van der Waals surface area contributed by atoms with Gasteiger partial charge in [0.1, 0.15) is 0 Å². The largest absolute Gasteiger partial charge is 0.522 e. The van der Waals surface area contributed by atoms with Crippen molar-refractivity contribution in [3.63, 3.8) is 0 Å². The van der Waals surface area contributed by atoms with Crippen molar-refractivity contribution in [1.29, 1.82) is 0 Å². The molecule has 0 radical (unpaired) electrons. The SMILES string of the molecule is CC(C)CNCCn1nnnc1SCCOC(F)(F)F. The highest BCUT2D eigenvalue weighted by Gasteiger charge is 2.28. The predicted molar refractivity (Wildman–Crippen MR) is 68.3 cm³/mol. The highest BCUT2D eigenvalue weighted by atomic mass is 32.2. The normalized spacial score (nSPS) is 12.3. The van der Waals surface area contributed by atoms with Gasteiger partial charge in [-0.15, -0.1) is 18.3 Å². The van der Waals surface area contributed by atoms with E-state index in [0.29, 0.717) is 24.2 Å². The zero-order valence-electron chi connectivity index (χ0n) is 11.4. The highest BCUT2D eigenvalue weighted by molar-refractivity contribution is 7.99. The molecule has 0 bridgehead atoms. The molecule has 1 aromatic heterocycles. The molecule has 0 saturated carbocycles. The van der Waals surface area contributed by atoms with Crippen LogP contribution in [0.25, 0.3) is 0 Å². The van der Waals surface area contributed by atoms with Crippen molar-refractivity contribution < 1.29 is 17.9 Å². The van der Waals surface area contributed by atoms with Gasteiger partial charge in [-0.3, -0.25) is 4.74 Å². The number of hydrogen-bond donors (Lipinski definition) is 1. The molecule has 1 heterocycles. The summed E-state index contributed by atoms with van der Waals surface area (Å²) in [7, 11) is 0. The molecule has 1 aromatic rings. The van der Waals surface area contributed by atoms with E-state index in [2.05, 4.69) is 39.4 Å². The van der Waals surface area contributed by atoms with Gasteiger partial charge in [0.05, 0.1) is 13.2 Å². The van der Waals surface area contributed by atoms with E-state index in [0.717, 1.165) is 18.3 Å². The fraction of sp³-hybridized carbons (Fsp3) is 0.900. The number of thioether (sulfide) groups is 1. The average Bonchev–Trinajstić information content (AvgIpc) is 2.76. The van der Waals surface area contributed by atoms with E-state index in [1.54, 1.807) is 4.68 Å². The number of hydrogen-bond acceptors (Lipinski definition) is 6. The van der Waals surface area contributed by atoms with Gasteiger partial charge in [0.2, 0.25) is 5.16 Å². The molecule has 1 N–H and O–H groups in total. The molecule has 0 unspecified atom stereocenters. The summed E-state index contributed by atoms with van der Waals surface area (Å²) in [6, 6.07) is 0. The van der Waals surface area contributed by atoms with Crippen LogP contribution < -0.4 is 5.32 Å². The van der Waals surface area contributed by atoms with Crippen LogP contribution in [-0.2, 0) is 11.3 Å². The molecule has 0 amide bonds. The average molecular weight is 313 g/mol. The van der Waals surface area contributed by atoms with Crippen LogP contribution in [0.3, 0.4) is 0 Å². The van der Waals surface area contributed by atoms with Gasteiger partial charge in [-0.05, 0) is 22.9 Å². The molecule has 0 aliphatic heterocycles. The van der Waals surface area contributed by atoms with Gasteiger partial charge >= 0.3 is 6.36 Å². The maximum absolute atomic E-state index is 11.8. The first-order valence-corrected chi connectivity index (χ1v) is 7.17. The highest BCUT2D eigenvalue weighted by Crippen LogP contribution is 2.18. The van der Waals surface area contributed by atoms with Crippen LogP contribution in [-0.4, -0.2) is 52.0 Å². The summed E-state index contributed by atoms with van der Waals surface area (Å²) < 4.78 is 40.6. The lowest BCUT2D eigenvalue weighted by Crippen LogP contribution is -2.24. The lowest BCUT2D eigenvalue weighted by molar-refractivity contribution is -0.322. The number of aromatic nitrogens is 4. The molecule has 0 spiro atoms. The summed E-state index contributed by atoms with van der Waals surface area (Å²) in [6.07, 6.45) is -4.59. The number of ether oxygens (including phenoxy) is 1. The van der Waals surface area contributed by atoms with E-state index in [4.69, 9.17) is 0 Å². The molecule has 0 aliphatic carbocycles. The number of rotatable bonds is 9. The molecule has 0 atom stereocenters. The van der Waals surface area contributed by atoms with Crippen molar-refractivity contribution in [3.05, 3.63) is 0 Å². The summed E-state index contributed by atoms with van der Waals surface area (Å²) >= 11 is 1.13. The lowest BCUT2D eigenvalue weighted by atomic mass is 10.2. The molecule has 0 aliphatic rings. The summed E-state index contributed by atoms with van der Waals surface area (Å²) in [4.78, 5) is 0. The van der Waals surface area contributed by atoms with Gasteiger partial charge in [-0.2, -0.15) is 0 Å². The topological polar surface area (TPSA) is 64.9 Å². The minimum absolute atomic E-state index is 0.138. The van der Waals surface area contributed by atoms with Crippen LogP contribution in [0.5, 0.6) is 0 Å². The Labute approximate surface area is 119 Å². The first-order valence-electron chi connectivity index (χ1n) is 6.19. The van der Waals surface area contributed by atoms with Crippen molar-refractivity contribution in [3.8, 4) is 0 Å².